The summed E-state index contributed by atoms with van der Waals surface area (Å²) in [7, 11) is 1.63. The smallest absolute Gasteiger partial charge is 0.339 e. The minimum atomic E-state index is -0.963. The molecule has 2 aromatic heterocycles. The van der Waals surface area contributed by atoms with Crippen molar-refractivity contribution in [2.75, 3.05) is 17.7 Å². The van der Waals surface area contributed by atoms with Crippen LogP contribution in [0.5, 0.6) is 11.5 Å². The normalized spacial score (nSPS) is 13.5. The topological polar surface area (TPSA) is 132 Å². The second-order valence-electron chi connectivity index (χ2n) is 9.37. The third-order valence-electron chi connectivity index (χ3n) is 6.88. The largest absolute Gasteiger partial charge is 0.457 e. The Hall–Kier alpha value is -5.43. The molecule has 1 amide bonds. The van der Waals surface area contributed by atoms with Crippen LogP contribution in [0.4, 0.5) is 11.5 Å². The predicted octanol–water partition coefficient (Wildman–Crippen LogP) is 4.21. The van der Waals surface area contributed by atoms with Crippen molar-refractivity contribution in [3.05, 3.63) is 95.7 Å². The molecule has 0 bridgehead atoms. The zero-order valence-corrected chi connectivity index (χ0v) is 21.0. The van der Waals surface area contributed by atoms with Crippen LogP contribution in [0.1, 0.15) is 12.8 Å². The zero-order chi connectivity index (χ0) is 27.1. The number of rotatable bonds is 6. The maximum absolute atomic E-state index is 13.9. The number of nitrogens with zero attached hydrogens (tertiary/aromatic N) is 6. The average Bonchev–Trinajstić information content (AvgIpc) is 3.71. The van der Waals surface area contributed by atoms with E-state index in [0.717, 1.165) is 0 Å². The van der Waals surface area contributed by atoms with Crippen molar-refractivity contribution in [1.29, 1.82) is 5.26 Å². The molecule has 6 rings (SSSR count). The van der Waals surface area contributed by atoms with Gasteiger partial charge in [-0.3, -0.25) is 9.36 Å². The molecule has 192 valence electrons. The zero-order valence-electron chi connectivity index (χ0n) is 21.0. The molecule has 1 aliphatic carbocycles. The number of nitriles is 1. The van der Waals surface area contributed by atoms with Crippen molar-refractivity contribution in [2.24, 2.45) is 5.41 Å². The van der Waals surface area contributed by atoms with Crippen LogP contribution in [-0.4, -0.2) is 32.1 Å². The van der Waals surface area contributed by atoms with E-state index in [1.165, 1.54) is 20.4 Å². The van der Waals surface area contributed by atoms with Gasteiger partial charge in [0.1, 0.15) is 28.8 Å². The second-order valence-corrected chi connectivity index (χ2v) is 9.37. The first kappa shape index (κ1) is 23.9. The van der Waals surface area contributed by atoms with Crippen molar-refractivity contribution in [3.63, 3.8) is 0 Å². The standard InChI is InChI=1S/C29H23N7O3/c1-34(27(37)29(17-30)14-15-29)20-6-5-7-21(16-20)36-26-24(25(31)32-18-33-26)35(28(36)38)19-10-12-23(13-11-19)39-22-8-3-2-4-9-22/h2-13,16,18H,14-15H2,1H3,(H2,31,32,33). The molecular weight excluding hydrogens is 494 g/mol. The molecule has 0 atom stereocenters. The minimum Gasteiger partial charge on any atom is -0.457 e. The highest BCUT2D eigenvalue weighted by Gasteiger charge is 2.52. The first-order valence-electron chi connectivity index (χ1n) is 12.3. The van der Waals surface area contributed by atoms with Crippen LogP contribution in [0.25, 0.3) is 22.5 Å². The lowest BCUT2D eigenvalue weighted by Crippen LogP contribution is -2.33. The summed E-state index contributed by atoms with van der Waals surface area (Å²) >= 11 is 0. The fourth-order valence-electron chi connectivity index (χ4n) is 4.58. The Bertz CT molecular complexity index is 1810. The van der Waals surface area contributed by atoms with E-state index in [2.05, 4.69) is 16.0 Å². The first-order valence-corrected chi connectivity index (χ1v) is 12.3. The summed E-state index contributed by atoms with van der Waals surface area (Å²) in [6.07, 6.45) is 2.40. The number of carbonyl (C=O) groups is 1. The number of imidazole rings is 1. The highest BCUT2D eigenvalue weighted by molar-refractivity contribution is 6.01. The van der Waals surface area contributed by atoms with E-state index in [0.29, 0.717) is 52.6 Å². The van der Waals surface area contributed by atoms with E-state index in [1.807, 2.05) is 30.3 Å². The summed E-state index contributed by atoms with van der Waals surface area (Å²) in [4.78, 5) is 36.8. The summed E-state index contributed by atoms with van der Waals surface area (Å²) in [6.45, 7) is 0. The third kappa shape index (κ3) is 4.06. The Balaban J connectivity index is 1.42. The fraction of sp³-hybridized carbons (Fsp3) is 0.138. The maximum atomic E-state index is 13.9. The SMILES string of the molecule is CN(C(=O)C1(C#N)CC1)c1cccc(-n2c(=O)n(-c3ccc(Oc4ccccc4)cc3)c3c(N)ncnc32)c1. The van der Waals surface area contributed by atoms with Crippen molar-refractivity contribution in [1.82, 2.24) is 19.1 Å². The third-order valence-corrected chi connectivity index (χ3v) is 6.88. The fourth-order valence-corrected chi connectivity index (χ4v) is 4.58. The number of ether oxygens (including phenoxy) is 1. The average molecular weight is 518 g/mol. The van der Waals surface area contributed by atoms with Gasteiger partial charge in [-0.25, -0.2) is 19.3 Å². The van der Waals surface area contributed by atoms with E-state index < -0.39 is 11.1 Å². The Morgan fingerprint density at radius 2 is 1.69 bits per heavy atom. The number of anilines is 2. The molecule has 0 saturated heterocycles. The molecule has 3 aromatic carbocycles. The quantitative estimate of drug-likeness (QED) is 0.357. The van der Waals surface area contributed by atoms with Crippen LogP contribution in [-0.2, 0) is 4.79 Å². The molecular formula is C29H23N7O3. The Labute approximate surface area is 223 Å². The van der Waals surface area contributed by atoms with Gasteiger partial charge < -0.3 is 15.4 Å². The van der Waals surface area contributed by atoms with Crippen molar-refractivity contribution >= 4 is 28.6 Å². The van der Waals surface area contributed by atoms with Crippen LogP contribution >= 0.6 is 0 Å². The van der Waals surface area contributed by atoms with Gasteiger partial charge >= 0.3 is 5.69 Å². The number of aromatic nitrogens is 4. The molecule has 10 heteroatoms. The Morgan fingerprint density at radius 3 is 2.38 bits per heavy atom. The van der Waals surface area contributed by atoms with E-state index >= 15 is 0 Å². The lowest BCUT2D eigenvalue weighted by molar-refractivity contribution is -0.121. The van der Waals surface area contributed by atoms with Crippen LogP contribution in [0.2, 0.25) is 0 Å². The number of hydrogen-bond donors (Lipinski definition) is 1. The molecule has 5 aromatic rings. The van der Waals surface area contributed by atoms with Gasteiger partial charge in [0.15, 0.2) is 11.5 Å². The van der Waals surface area contributed by atoms with Crippen LogP contribution < -0.4 is 21.1 Å². The lowest BCUT2D eigenvalue weighted by Gasteiger charge is -2.20. The van der Waals surface area contributed by atoms with Gasteiger partial charge in [0.25, 0.3) is 0 Å². The van der Waals surface area contributed by atoms with E-state index in [4.69, 9.17) is 10.5 Å². The van der Waals surface area contributed by atoms with Gasteiger partial charge in [-0.2, -0.15) is 5.26 Å². The number of fused-ring (bicyclic) bond motifs is 1. The Kier molecular flexibility index (Phi) is 5.61. The lowest BCUT2D eigenvalue weighted by atomic mass is 10.1. The molecule has 1 saturated carbocycles. The molecule has 10 nitrogen and oxygen atoms in total. The van der Waals surface area contributed by atoms with Crippen molar-refractivity contribution in [2.45, 2.75) is 12.8 Å². The minimum absolute atomic E-state index is 0.147. The molecule has 0 radical (unpaired) electrons. The van der Waals surface area contributed by atoms with E-state index in [9.17, 15) is 14.9 Å². The number of carbonyl (C=O) groups excluding carboxylic acids is 1. The number of amides is 1. The van der Waals surface area contributed by atoms with Crippen LogP contribution in [0, 0.1) is 16.7 Å². The van der Waals surface area contributed by atoms with Gasteiger partial charge in [-0.15, -0.1) is 0 Å². The summed E-state index contributed by atoms with van der Waals surface area (Å²) < 4.78 is 8.77. The van der Waals surface area contributed by atoms with E-state index in [1.54, 1.807) is 55.6 Å². The van der Waals surface area contributed by atoms with Crippen LogP contribution in [0.3, 0.4) is 0 Å². The van der Waals surface area contributed by atoms with Gasteiger partial charge in [0.05, 0.1) is 17.4 Å². The summed E-state index contributed by atoms with van der Waals surface area (Å²) in [5, 5.41) is 9.46. The molecule has 2 N–H and O–H groups in total. The molecule has 0 unspecified atom stereocenters. The maximum Gasteiger partial charge on any atom is 0.339 e. The van der Waals surface area contributed by atoms with Crippen molar-refractivity contribution in [3.8, 4) is 28.9 Å². The van der Waals surface area contributed by atoms with Gasteiger partial charge in [-0.05, 0) is 67.4 Å². The summed E-state index contributed by atoms with van der Waals surface area (Å²) in [5.74, 6) is 1.19. The second kappa shape index (κ2) is 9.15. The van der Waals surface area contributed by atoms with Gasteiger partial charge in [-0.1, -0.05) is 24.3 Å². The van der Waals surface area contributed by atoms with Gasteiger partial charge in [0.2, 0.25) is 5.91 Å². The number of para-hydroxylation sites is 1. The number of nitrogens with two attached hydrogens (primary N) is 1. The summed E-state index contributed by atoms with van der Waals surface area (Å²) in [5.41, 5.74) is 7.15. The van der Waals surface area contributed by atoms with Crippen LogP contribution in [0.15, 0.2) is 90.0 Å². The molecule has 2 heterocycles. The van der Waals surface area contributed by atoms with Gasteiger partial charge in [0, 0.05) is 12.7 Å². The monoisotopic (exact) mass is 517 g/mol. The number of benzene rings is 3. The first-order chi connectivity index (χ1) is 18.9. The highest BCUT2D eigenvalue weighted by atomic mass is 16.5. The molecule has 0 spiro atoms. The number of nitrogen functional groups attached to an aromatic ring is 1. The summed E-state index contributed by atoms with van der Waals surface area (Å²) in [6, 6.07) is 25.5. The number of hydrogen-bond acceptors (Lipinski definition) is 7. The Morgan fingerprint density at radius 1 is 0.974 bits per heavy atom. The highest BCUT2D eigenvalue weighted by Crippen LogP contribution is 2.47. The molecule has 1 fully saturated rings. The predicted molar refractivity (Wildman–Crippen MR) is 146 cm³/mol. The molecule has 0 aliphatic heterocycles. The van der Waals surface area contributed by atoms with Crippen molar-refractivity contribution < 1.29 is 9.53 Å². The molecule has 39 heavy (non-hydrogen) atoms. The van der Waals surface area contributed by atoms with E-state index in [-0.39, 0.29) is 11.7 Å². The molecule has 1 aliphatic rings.